The van der Waals surface area contributed by atoms with Crippen LogP contribution in [0.25, 0.3) is 22.0 Å². The number of carboxylic acid groups (broad SMARTS) is 1. The number of carboxylic acids is 1. The molecule has 1 aromatic heterocycles. The minimum atomic E-state index is -1.16. The molecule has 2 aromatic carbocycles. The van der Waals surface area contributed by atoms with E-state index in [0.29, 0.717) is 27.6 Å². The molecule has 1 aliphatic heterocycles. The van der Waals surface area contributed by atoms with Gasteiger partial charge >= 0.3 is 5.97 Å². The lowest BCUT2D eigenvalue weighted by atomic mass is 9.94. The van der Waals surface area contributed by atoms with E-state index in [2.05, 4.69) is 0 Å². The molecule has 0 amide bonds. The zero-order chi connectivity index (χ0) is 16.3. The second-order valence-electron chi connectivity index (χ2n) is 5.38. The molecule has 2 heterocycles. The fraction of sp³-hybridized carbons (Fsp3) is 0.0625. The molecular weight excluding hydrogens is 303 g/mol. The topological polar surface area (TPSA) is 85.4 Å². The number of benzene rings is 2. The highest BCUT2D eigenvalue weighted by Crippen LogP contribution is 2.41. The van der Waals surface area contributed by atoms with E-state index in [1.807, 2.05) is 0 Å². The van der Waals surface area contributed by atoms with Crippen molar-refractivity contribution in [3.05, 3.63) is 63.6 Å². The highest BCUT2D eigenvalue weighted by molar-refractivity contribution is 6.03. The third-order valence-corrected chi connectivity index (χ3v) is 4.13. The molecule has 0 atom stereocenters. The van der Waals surface area contributed by atoms with Gasteiger partial charge in [0.05, 0.1) is 17.0 Å². The van der Waals surface area contributed by atoms with E-state index in [4.69, 9.17) is 0 Å². The standard InChI is InChI=1S/C16H9FN2O4/c17-13-3-1-2-10-11-6-9(19(22)23)4-8-5-14(16(20)21)18(15(8)11)7-12(10)13/h1-6H,7H2,(H,20,21). The minimum Gasteiger partial charge on any atom is -0.477 e. The highest BCUT2D eigenvalue weighted by atomic mass is 19.1. The number of hydrogen-bond acceptors (Lipinski definition) is 3. The van der Waals surface area contributed by atoms with Crippen molar-refractivity contribution in [2.75, 3.05) is 0 Å². The van der Waals surface area contributed by atoms with Crippen LogP contribution in [-0.4, -0.2) is 20.6 Å². The number of halogens is 1. The van der Waals surface area contributed by atoms with Gasteiger partial charge in [0.2, 0.25) is 0 Å². The molecule has 0 unspecified atom stereocenters. The SMILES string of the molecule is O=C(O)c1cc2cc([N+](=O)[O-])cc3c2n1Cc1c(F)cccc1-3. The van der Waals surface area contributed by atoms with Gasteiger partial charge in [-0.2, -0.15) is 0 Å². The van der Waals surface area contributed by atoms with Crippen LogP contribution in [0, 0.1) is 15.9 Å². The molecule has 0 saturated carbocycles. The molecule has 3 aromatic rings. The Bertz CT molecular complexity index is 1020. The van der Waals surface area contributed by atoms with Crippen molar-refractivity contribution in [2.45, 2.75) is 6.54 Å². The molecular formula is C16H9FN2O4. The van der Waals surface area contributed by atoms with Gasteiger partial charge in [0, 0.05) is 28.6 Å². The molecule has 4 rings (SSSR count). The van der Waals surface area contributed by atoms with E-state index < -0.39 is 16.7 Å². The summed E-state index contributed by atoms with van der Waals surface area (Å²) < 4.78 is 15.6. The van der Waals surface area contributed by atoms with Gasteiger partial charge < -0.3 is 9.67 Å². The highest BCUT2D eigenvalue weighted by Gasteiger charge is 2.27. The number of nitro benzene ring substituents is 1. The van der Waals surface area contributed by atoms with E-state index >= 15 is 0 Å². The molecule has 0 saturated heterocycles. The Kier molecular flexibility index (Phi) is 2.57. The molecule has 6 nitrogen and oxygen atoms in total. The number of carbonyl (C=O) groups is 1. The van der Waals surface area contributed by atoms with Gasteiger partial charge in [0.15, 0.2) is 0 Å². The van der Waals surface area contributed by atoms with Crippen molar-refractivity contribution in [3.8, 4) is 11.1 Å². The number of non-ortho nitro benzene ring substituents is 1. The lowest BCUT2D eigenvalue weighted by molar-refractivity contribution is -0.384. The first-order valence-electron chi connectivity index (χ1n) is 6.80. The lowest BCUT2D eigenvalue weighted by Gasteiger charge is -2.21. The second-order valence-corrected chi connectivity index (χ2v) is 5.38. The summed E-state index contributed by atoms with van der Waals surface area (Å²) in [4.78, 5) is 22.1. The summed E-state index contributed by atoms with van der Waals surface area (Å²) in [5, 5.41) is 21.0. The molecule has 1 aliphatic rings. The summed E-state index contributed by atoms with van der Waals surface area (Å²) >= 11 is 0. The summed E-state index contributed by atoms with van der Waals surface area (Å²) in [5.74, 6) is -1.62. The monoisotopic (exact) mass is 312 g/mol. The Morgan fingerprint density at radius 2 is 2.04 bits per heavy atom. The number of nitro groups is 1. The molecule has 0 fully saturated rings. The molecule has 0 radical (unpaired) electrons. The number of nitrogens with zero attached hydrogens (tertiary/aromatic N) is 2. The average molecular weight is 312 g/mol. The predicted octanol–water partition coefficient (Wildman–Crippen LogP) is 3.42. The Labute approximate surface area is 128 Å². The van der Waals surface area contributed by atoms with Gasteiger partial charge in [0.25, 0.3) is 5.69 Å². The fourth-order valence-electron chi connectivity index (χ4n) is 3.18. The van der Waals surface area contributed by atoms with E-state index in [0.717, 1.165) is 0 Å². The van der Waals surface area contributed by atoms with Crippen LogP contribution in [0.4, 0.5) is 10.1 Å². The van der Waals surface area contributed by atoms with Crippen molar-refractivity contribution in [2.24, 2.45) is 0 Å². The van der Waals surface area contributed by atoms with E-state index in [1.54, 1.807) is 6.07 Å². The van der Waals surface area contributed by atoms with Gasteiger partial charge in [-0.25, -0.2) is 9.18 Å². The molecule has 7 heteroatoms. The van der Waals surface area contributed by atoms with Gasteiger partial charge in [-0.1, -0.05) is 12.1 Å². The maximum absolute atomic E-state index is 14.2. The molecule has 0 aliphatic carbocycles. The Morgan fingerprint density at radius 1 is 1.26 bits per heavy atom. The van der Waals surface area contributed by atoms with Crippen molar-refractivity contribution in [1.29, 1.82) is 0 Å². The maximum Gasteiger partial charge on any atom is 0.352 e. The largest absolute Gasteiger partial charge is 0.477 e. The Hall–Kier alpha value is -3.22. The zero-order valence-electron chi connectivity index (χ0n) is 11.6. The third kappa shape index (κ3) is 1.76. The van der Waals surface area contributed by atoms with Crippen LogP contribution in [-0.2, 0) is 6.54 Å². The van der Waals surface area contributed by atoms with Crippen molar-refractivity contribution < 1.29 is 19.2 Å². The normalized spacial score (nSPS) is 12.2. The first-order chi connectivity index (χ1) is 11.0. The summed E-state index contributed by atoms with van der Waals surface area (Å²) in [7, 11) is 0. The smallest absolute Gasteiger partial charge is 0.352 e. The van der Waals surface area contributed by atoms with Gasteiger partial charge in [-0.3, -0.25) is 10.1 Å². The molecule has 0 bridgehead atoms. The van der Waals surface area contributed by atoms with Crippen LogP contribution >= 0.6 is 0 Å². The summed E-state index contributed by atoms with van der Waals surface area (Å²) in [6.07, 6.45) is 0. The second kappa shape index (κ2) is 4.39. The van der Waals surface area contributed by atoms with Gasteiger partial charge in [-0.05, 0) is 17.7 Å². The summed E-state index contributed by atoms with van der Waals surface area (Å²) in [5.41, 5.74) is 1.77. The maximum atomic E-state index is 14.2. The zero-order valence-corrected chi connectivity index (χ0v) is 11.6. The number of hydrogen-bond donors (Lipinski definition) is 1. The molecule has 0 spiro atoms. The predicted molar refractivity (Wildman–Crippen MR) is 80.0 cm³/mol. The van der Waals surface area contributed by atoms with Crippen LogP contribution in [0.3, 0.4) is 0 Å². The van der Waals surface area contributed by atoms with Gasteiger partial charge in [0.1, 0.15) is 11.5 Å². The average Bonchev–Trinajstić information content (AvgIpc) is 2.88. The van der Waals surface area contributed by atoms with E-state index in [-0.39, 0.29) is 17.9 Å². The molecule has 114 valence electrons. The lowest BCUT2D eigenvalue weighted by Crippen LogP contribution is -2.14. The van der Waals surface area contributed by atoms with Crippen molar-refractivity contribution >= 4 is 22.6 Å². The van der Waals surface area contributed by atoms with Crippen LogP contribution in [0.15, 0.2) is 36.4 Å². The third-order valence-electron chi connectivity index (χ3n) is 4.13. The van der Waals surface area contributed by atoms with Crippen molar-refractivity contribution in [1.82, 2.24) is 4.57 Å². The Balaban J connectivity index is 2.18. The van der Waals surface area contributed by atoms with E-state index in [9.17, 15) is 24.4 Å². The number of aromatic carboxylic acids is 1. The van der Waals surface area contributed by atoms with Crippen LogP contribution in [0.5, 0.6) is 0 Å². The van der Waals surface area contributed by atoms with Crippen LogP contribution in [0.1, 0.15) is 16.1 Å². The van der Waals surface area contributed by atoms with Crippen molar-refractivity contribution in [3.63, 3.8) is 0 Å². The Morgan fingerprint density at radius 3 is 2.74 bits per heavy atom. The quantitative estimate of drug-likeness (QED) is 0.454. The first-order valence-corrected chi connectivity index (χ1v) is 6.80. The van der Waals surface area contributed by atoms with Crippen LogP contribution < -0.4 is 0 Å². The first kappa shape index (κ1) is 13.4. The number of rotatable bonds is 2. The molecule has 23 heavy (non-hydrogen) atoms. The van der Waals surface area contributed by atoms with Gasteiger partial charge in [-0.15, -0.1) is 0 Å². The number of fused-ring (bicyclic) bond motifs is 2. The molecule has 1 N–H and O–H groups in total. The number of aromatic nitrogens is 1. The van der Waals surface area contributed by atoms with E-state index in [1.165, 1.54) is 34.9 Å². The minimum absolute atomic E-state index is 0.0179. The summed E-state index contributed by atoms with van der Waals surface area (Å²) in [6.45, 7) is 0.0813. The summed E-state index contributed by atoms with van der Waals surface area (Å²) in [6, 6.07) is 8.61. The van der Waals surface area contributed by atoms with Crippen LogP contribution in [0.2, 0.25) is 0 Å². The fourth-order valence-corrected chi connectivity index (χ4v) is 3.18.